The largest absolute Gasteiger partial charge is 0.322 e. The first-order valence-electron chi connectivity index (χ1n) is 8.33. The van der Waals surface area contributed by atoms with Gasteiger partial charge in [0.15, 0.2) is 0 Å². The zero-order valence-electron chi connectivity index (χ0n) is 14.2. The number of rotatable bonds is 4. The number of pyridine rings is 1. The number of carbonyl (C=O) groups is 1. The van der Waals surface area contributed by atoms with Gasteiger partial charge in [0.05, 0.1) is 11.3 Å². The van der Waals surface area contributed by atoms with Crippen LogP contribution in [0.5, 0.6) is 0 Å². The van der Waals surface area contributed by atoms with Crippen LogP contribution in [0.2, 0.25) is 5.02 Å². The molecule has 0 fully saturated rings. The van der Waals surface area contributed by atoms with Crippen molar-refractivity contribution < 1.29 is 4.79 Å². The summed E-state index contributed by atoms with van der Waals surface area (Å²) in [5.74, 6) is -0.265. The Bertz CT molecular complexity index is 1080. The fourth-order valence-electron chi connectivity index (χ4n) is 2.73. The minimum absolute atomic E-state index is 0.265. The van der Waals surface area contributed by atoms with Crippen molar-refractivity contribution in [3.05, 3.63) is 95.9 Å². The lowest BCUT2D eigenvalue weighted by Gasteiger charge is -2.05. The van der Waals surface area contributed by atoms with Crippen molar-refractivity contribution in [1.29, 1.82) is 0 Å². The summed E-state index contributed by atoms with van der Waals surface area (Å²) in [5.41, 5.74) is 3.27. The molecule has 0 bridgehead atoms. The summed E-state index contributed by atoms with van der Waals surface area (Å²) < 4.78 is 1.69. The number of benzene rings is 2. The smallest absolute Gasteiger partial charge is 0.259 e. The molecule has 4 rings (SSSR count). The van der Waals surface area contributed by atoms with E-state index in [1.807, 2.05) is 42.5 Å². The SMILES string of the molecule is O=C(Nc1cccc(Cl)c1)c1cn(-c2ccccc2)nc1-c1cccnc1. The molecule has 5 nitrogen and oxygen atoms in total. The van der Waals surface area contributed by atoms with Gasteiger partial charge in [0.2, 0.25) is 0 Å². The molecule has 2 aromatic heterocycles. The Morgan fingerprint density at radius 1 is 1.00 bits per heavy atom. The molecule has 0 saturated carbocycles. The summed E-state index contributed by atoms with van der Waals surface area (Å²) in [5, 5.41) is 8.05. The fraction of sp³-hybridized carbons (Fsp3) is 0. The summed E-state index contributed by atoms with van der Waals surface area (Å²) in [4.78, 5) is 17.1. The van der Waals surface area contributed by atoms with E-state index in [9.17, 15) is 4.79 Å². The van der Waals surface area contributed by atoms with Gasteiger partial charge in [-0.25, -0.2) is 4.68 Å². The molecule has 0 spiro atoms. The zero-order chi connectivity index (χ0) is 18.6. The molecule has 6 heteroatoms. The maximum Gasteiger partial charge on any atom is 0.259 e. The van der Waals surface area contributed by atoms with E-state index in [4.69, 9.17) is 11.6 Å². The summed E-state index contributed by atoms with van der Waals surface area (Å²) in [6.45, 7) is 0. The minimum Gasteiger partial charge on any atom is -0.322 e. The molecule has 2 aromatic carbocycles. The Morgan fingerprint density at radius 2 is 1.85 bits per heavy atom. The Morgan fingerprint density at radius 3 is 2.59 bits per heavy atom. The van der Waals surface area contributed by atoms with Gasteiger partial charge in [-0.05, 0) is 42.5 Å². The number of nitrogens with zero attached hydrogens (tertiary/aromatic N) is 3. The van der Waals surface area contributed by atoms with Crippen molar-refractivity contribution >= 4 is 23.2 Å². The van der Waals surface area contributed by atoms with Crippen LogP contribution in [0, 0.1) is 0 Å². The number of aromatic nitrogens is 3. The molecule has 0 radical (unpaired) electrons. The Kier molecular flexibility index (Phi) is 4.68. The normalized spacial score (nSPS) is 10.6. The average molecular weight is 375 g/mol. The van der Waals surface area contributed by atoms with Crippen LogP contribution >= 0.6 is 11.6 Å². The molecule has 1 amide bonds. The highest BCUT2D eigenvalue weighted by Crippen LogP contribution is 2.24. The highest BCUT2D eigenvalue weighted by Gasteiger charge is 2.19. The van der Waals surface area contributed by atoms with Crippen molar-refractivity contribution in [3.63, 3.8) is 0 Å². The highest BCUT2D eigenvalue weighted by molar-refractivity contribution is 6.31. The van der Waals surface area contributed by atoms with Crippen LogP contribution < -0.4 is 5.32 Å². The number of hydrogen-bond donors (Lipinski definition) is 1. The van der Waals surface area contributed by atoms with Crippen molar-refractivity contribution in [3.8, 4) is 16.9 Å². The second kappa shape index (κ2) is 7.43. The Hall–Kier alpha value is -3.44. The van der Waals surface area contributed by atoms with Gasteiger partial charge in [0.1, 0.15) is 5.69 Å². The molecule has 1 N–H and O–H groups in total. The summed E-state index contributed by atoms with van der Waals surface area (Å²) in [7, 11) is 0. The maximum absolute atomic E-state index is 12.9. The van der Waals surface area contributed by atoms with Crippen LogP contribution in [-0.4, -0.2) is 20.7 Å². The molecule has 27 heavy (non-hydrogen) atoms. The molecule has 132 valence electrons. The molecule has 2 heterocycles. The average Bonchev–Trinajstić information content (AvgIpc) is 3.15. The zero-order valence-corrected chi connectivity index (χ0v) is 15.0. The van der Waals surface area contributed by atoms with Gasteiger partial charge in [-0.1, -0.05) is 35.9 Å². The van der Waals surface area contributed by atoms with E-state index < -0.39 is 0 Å². The molecule has 0 aliphatic rings. The summed E-state index contributed by atoms with van der Waals surface area (Å²) >= 11 is 6.01. The number of nitrogens with one attached hydrogen (secondary N) is 1. The first kappa shape index (κ1) is 17.0. The van der Waals surface area contributed by atoms with E-state index in [1.54, 1.807) is 47.5 Å². The molecule has 0 aliphatic carbocycles. The second-order valence-electron chi connectivity index (χ2n) is 5.88. The quantitative estimate of drug-likeness (QED) is 0.556. The van der Waals surface area contributed by atoms with E-state index in [2.05, 4.69) is 15.4 Å². The van der Waals surface area contributed by atoms with E-state index in [0.717, 1.165) is 11.3 Å². The van der Waals surface area contributed by atoms with Gasteiger partial charge < -0.3 is 5.32 Å². The minimum atomic E-state index is -0.265. The molecule has 0 unspecified atom stereocenters. The maximum atomic E-state index is 12.9. The van der Waals surface area contributed by atoms with Gasteiger partial charge in [-0.2, -0.15) is 5.10 Å². The third-order valence-corrected chi connectivity index (χ3v) is 4.23. The molecular weight excluding hydrogens is 360 g/mol. The van der Waals surface area contributed by atoms with E-state index in [-0.39, 0.29) is 5.91 Å². The van der Waals surface area contributed by atoms with Crippen molar-refractivity contribution in [2.24, 2.45) is 0 Å². The van der Waals surface area contributed by atoms with Gasteiger partial charge in [-0.3, -0.25) is 9.78 Å². The molecule has 0 atom stereocenters. The highest BCUT2D eigenvalue weighted by atomic mass is 35.5. The van der Waals surface area contributed by atoms with Gasteiger partial charge in [0, 0.05) is 34.9 Å². The molecule has 4 aromatic rings. The van der Waals surface area contributed by atoms with Crippen molar-refractivity contribution in [2.75, 3.05) is 5.32 Å². The van der Waals surface area contributed by atoms with E-state index >= 15 is 0 Å². The molecule has 0 aliphatic heterocycles. The van der Waals surface area contributed by atoms with Gasteiger partial charge in [-0.15, -0.1) is 0 Å². The Labute approximate surface area is 161 Å². The Balaban J connectivity index is 1.76. The number of hydrogen-bond acceptors (Lipinski definition) is 3. The van der Waals surface area contributed by atoms with Crippen molar-refractivity contribution in [2.45, 2.75) is 0 Å². The monoisotopic (exact) mass is 374 g/mol. The number of amides is 1. The van der Waals surface area contributed by atoms with Crippen LogP contribution in [0.25, 0.3) is 16.9 Å². The first-order valence-corrected chi connectivity index (χ1v) is 8.71. The van der Waals surface area contributed by atoms with Gasteiger partial charge >= 0.3 is 0 Å². The lowest BCUT2D eigenvalue weighted by molar-refractivity contribution is 0.102. The molecule has 0 saturated heterocycles. The predicted molar refractivity (Wildman–Crippen MR) is 106 cm³/mol. The van der Waals surface area contributed by atoms with Crippen LogP contribution in [-0.2, 0) is 0 Å². The van der Waals surface area contributed by atoms with E-state index in [1.165, 1.54) is 0 Å². The number of carbonyl (C=O) groups excluding carboxylic acids is 1. The van der Waals surface area contributed by atoms with Crippen LogP contribution in [0.15, 0.2) is 85.3 Å². The first-order chi connectivity index (χ1) is 13.2. The summed E-state index contributed by atoms with van der Waals surface area (Å²) in [6.07, 6.45) is 5.09. The second-order valence-corrected chi connectivity index (χ2v) is 6.31. The van der Waals surface area contributed by atoms with Crippen LogP contribution in [0.4, 0.5) is 5.69 Å². The third-order valence-electron chi connectivity index (χ3n) is 4.00. The lowest BCUT2D eigenvalue weighted by atomic mass is 10.1. The van der Waals surface area contributed by atoms with Crippen LogP contribution in [0.3, 0.4) is 0 Å². The molecular formula is C21H15ClN4O. The van der Waals surface area contributed by atoms with E-state index in [0.29, 0.717) is 22.0 Å². The topological polar surface area (TPSA) is 59.8 Å². The van der Waals surface area contributed by atoms with Gasteiger partial charge in [0.25, 0.3) is 5.91 Å². The number of halogens is 1. The van der Waals surface area contributed by atoms with Crippen LogP contribution in [0.1, 0.15) is 10.4 Å². The predicted octanol–water partition coefficient (Wildman–Crippen LogP) is 4.84. The van der Waals surface area contributed by atoms with Crippen molar-refractivity contribution in [1.82, 2.24) is 14.8 Å². The standard InChI is InChI=1S/C21H15ClN4O/c22-16-7-4-8-17(12-16)24-21(27)19-14-26(18-9-2-1-3-10-18)25-20(19)15-6-5-11-23-13-15/h1-14H,(H,24,27). The number of para-hydroxylation sites is 1. The number of anilines is 1. The lowest BCUT2D eigenvalue weighted by Crippen LogP contribution is -2.12. The fourth-order valence-corrected chi connectivity index (χ4v) is 2.92. The third kappa shape index (κ3) is 3.73. The summed E-state index contributed by atoms with van der Waals surface area (Å²) in [6, 6.07) is 20.4.